The van der Waals surface area contributed by atoms with Crippen LogP contribution < -0.4 is 42.9 Å². The van der Waals surface area contributed by atoms with Gasteiger partial charge in [-0.1, -0.05) is 90.2 Å². The number of rotatable bonds is 8. The van der Waals surface area contributed by atoms with Gasteiger partial charge in [-0.25, -0.2) is 18.6 Å². The average Bonchev–Trinajstić information content (AvgIpc) is 3.60. The van der Waals surface area contributed by atoms with Gasteiger partial charge in [-0.3, -0.25) is 9.36 Å². The predicted octanol–water partition coefficient (Wildman–Crippen LogP) is 2.09. The lowest BCUT2D eigenvalue weighted by Gasteiger charge is -2.26. The maximum atomic E-state index is 13.7. The highest BCUT2D eigenvalue weighted by Gasteiger charge is 2.27. The molecule has 6 rings (SSSR count). The van der Waals surface area contributed by atoms with Crippen molar-refractivity contribution in [3.05, 3.63) is 146 Å². The predicted molar refractivity (Wildman–Crippen MR) is 184 cm³/mol. The second-order valence-corrected chi connectivity index (χ2v) is 13.4. The monoisotopic (exact) mass is 699 g/mol. The molecule has 0 atom stereocenters. The Hall–Kier alpha value is -4.39. The molecule has 5 aromatic rings. The second kappa shape index (κ2) is 15.7. The van der Waals surface area contributed by atoms with Gasteiger partial charge in [-0.05, 0) is 55.3 Å². The van der Waals surface area contributed by atoms with Crippen LogP contribution in [0.25, 0.3) is 39.4 Å². The molecule has 0 saturated heterocycles. The van der Waals surface area contributed by atoms with Crippen molar-refractivity contribution in [2.75, 3.05) is 11.4 Å². The van der Waals surface area contributed by atoms with Crippen molar-refractivity contribution in [3.63, 3.8) is 0 Å². The van der Waals surface area contributed by atoms with Gasteiger partial charge in [0.15, 0.2) is 0 Å². The topological polar surface area (TPSA) is 121 Å². The standard InChI is InChI=1S/C37H34N3OS2.ClHO4/c1-4-24-40-34(42-32(37(40)41)22-21-27-23-25-38(5-2)31-20-14-13-19-30(27)31)26-33-39(6-3)35(28-15-9-7-10-16-28)36(43-33)29-17-11-8-12-18-29;2-1(3,4)5/h4,7-23,25-26H,1,5-6,24H2,2-3H3;(H,2,3,4,5)/q+1;/p-1/b27-21+,32-22?;. The van der Waals surface area contributed by atoms with Crippen LogP contribution in [0.1, 0.15) is 24.4 Å². The van der Waals surface area contributed by atoms with Crippen LogP contribution in [0.5, 0.6) is 0 Å². The highest BCUT2D eigenvalue weighted by Crippen LogP contribution is 2.36. The van der Waals surface area contributed by atoms with Gasteiger partial charge >= 0.3 is 0 Å². The summed E-state index contributed by atoms with van der Waals surface area (Å²) in [6.45, 7) is 10.4. The summed E-state index contributed by atoms with van der Waals surface area (Å²) in [5, 5.41) is 1.10. The van der Waals surface area contributed by atoms with E-state index in [0.717, 1.165) is 28.3 Å². The lowest BCUT2D eigenvalue weighted by atomic mass is 9.99. The maximum Gasteiger partial charge on any atom is 0.269 e. The first kappa shape index (κ1) is 34.9. The second-order valence-electron chi connectivity index (χ2n) is 10.5. The smallest absolute Gasteiger partial charge is 0.269 e. The first-order valence-corrected chi connectivity index (χ1v) is 18.1. The minimum atomic E-state index is -4.94. The number of anilines is 1. The Bertz CT molecular complexity index is 2120. The van der Waals surface area contributed by atoms with Gasteiger partial charge in [0.05, 0.1) is 10.6 Å². The Labute approximate surface area is 289 Å². The molecule has 246 valence electrons. The Morgan fingerprint density at radius 3 is 2.10 bits per heavy atom. The number of hydrogen-bond donors (Lipinski definition) is 0. The lowest BCUT2D eigenvalue weighted by molar-refractivity contribution is -2.00. The molecule has 8 nitrogen and oxygen atoms in total. The summed E-state index contributed by atoms with van der Waals surface area (Å²) < 4.78 is 39.8. The summed E-state index contributed by atoms with van der Waals surface area (Å²) in [6.07, 6.45) is 12.2. The molecule has 0 N–H and O–H groups in total. The highest BCUT2D eigenvalue weighted by atomic mass is 35.7. The molecule has 0 amide bonds. The van der Waals surface area contributed by atoms with E-state index in [1.54, 1.807) is 17.4 Å². The van der Waals surface area contributed by atoms with Crippen LogP contribution in [0.15, 0.2) is 121 Å². The zero-order valence-electron chi connectivity index (χ0n) is 26.5. The van der Waals surface area contributed by atoms with Crippen molar-refractivity contribution in [1.29, 1.82) is 0 Å². The van der Waals surface area contributed by atoms with Crippen molar-refractivity contribution >= 4 is 46.1 Å². The molecule has 2 aromatic heterocycles. The third-order valence-electron chi connectivity index (χ3n) is 7.57. The fourth-order valence-corrected chi connectivity index (χ4v) is 7.85. The van der Waals surface area contributed by atoms with Crippen LogP contribution >= 0.6 is 22.7 Å². The third kappa shape index (κ3) is 8.18. The average molecular weight is 700 g/mol. The minimum absolute atomic E-state index is 0.00225. The van der Waals surface area contributed by atoms with E-state index in [4.69, 9.17) is 18.6 Å². The zero-order chi connectivity index (χ0) is 34.3. The molecular formula is C37H34ClN3O5S2. The van der Waals surface area contributed by atoms with Crippen molar-refractivity contribution < 1.29 is 33.4 Å². The number of halogens is 1. The van der Waals surface area contributed by atoms with E-state index in [1.807, 2.05) is 10.6 Å². The lowest BCUT2D eigenvalue weighted by Crippen LogP contribution is -2.68. The molecule has 0 bridgehead atoms. The maximum absolute atomic E-state index is 13.7. The van der Waals surface area contributed by atoms with Crippen molar-refractivity contribution in [3.8, 4) is 21.7 Å². The van der Waals surface area contributed by atoms with E-state index < -0.39 is 10.2 Å². The minimum Gasteiger partial charge on any atom is -0.348 e. The third-order valence-corrected chi connectivity index (χ3v) is 9.82. The van der Waals surface area contributed by atoms with Gasteiger partial charge in [0.2, 0.25) is 5.69 Å². The number of aromatic nitrogens is 2. The van der Waals surface area contributed by atoms with Crippen molar-refractivity contribution in [1.82, 2.24) is 4.57 Å². The van der Waals surface area contributed by atoms with Crippen LogP contribution in [0.3, 0.4) is 0 Å². The molecule has 0 aliphatic carbocycles. The molecule has 0 saturated carbocycles. The molecule has 0 spiro atoms. The summed E-state index contributed by atoms with van der Waals surface area (Å²) in [7, 11) is -4.94. The van der Waals surface area contributed by atoms with Gasteiger partial charge in [-0.2, -0.15) is 4.57 Å². The summed E-state index contributed by atoms with van der Waals surface area (Å²) in [6, 6.07) is 29.5. The van der Waals surface area contributed by atoms with Crippen molar-refractivity contribution in [2.45, 2.75) is 26.9 Å². The fourth-order valence-electron chi connectivity index (χ4n) is 5.49. The van der Waals surface area contributed by atoms with Gasteiger partial charge < -0.3 is 4.90 Å². The molecule has 1 aliphatic heterocycles. The van der Waals surface area contributed by atoms with Gasteiger partial charge in [0.25, 0.3) is 10.6 Å². The SMILES string of the molecule is C=CCn1c(=Cc2sc(-c3ccccc3)c(-c3ccccc3)[n+]2CC)sc(=C/C=C2\C=CN(CC)c3ccccc32)c1=O.[O-][Cl+3]([O-])([O-])[O-]. The summed E-state index contributed by atoms with van der Waals surface area (Å²) >= 11 is 3.29. The van der Waals surface area contributed by atoms with Crippen LogP contribution in [0.2, 0.25) is 0 Å². The highest BCUT2D eigenvalue weighted by molar-refractivity contribution is 7.16. The van der Waals surface area contributed by atoms with Gasteiger partial charge in [0, 0.05) is 36.1 Å². The Morgan fingerprint density at radius 2 is 1.48 bits per heavy atom. The molecule has 1 aliphatic rings. The molecule has 0 fully saturated rings. The van der Waals surface area contributed by atoms with E-state index in [9.17, 15) is 4.79 Å². The Kier molecular flexibility index (Phi) is 11.4. The van der Waals surface area contributed by atoms with Gasteiger partial charge in [0.1, 0.15) is 16.1 Å². The molecule has 11 heteroatoms. The normalized spacial score (nSPS) is 14.2. The van der Waals surface area contributed by atoms with E-state index in [0.29, 0.717) is 11.1 Å². The zero-order valence-corrected chi connectivity index (χ0v) is 28.8. The largest absolute Gasteiger partial charge is 0.348 e. The molecule has 0 unspecified atom stereocenters. The first-order valence-electron chi connectivity index (χ1n) is 15.2. The van der Waals surface area contributed by atoms with Crippen molar-refractivity contribution in [2.24, 2.45) is 0 Å². The number of allylic oxidation sites excluding steroid dienone is 4. The van der Waals surface area contributed by atoms with Crippen LogP contribution in [-0.4, -0.2) is 11.1 Å². The number of nitrogens with zero attached hydrogens (tertiary/aromatic N) is 3. The van der Waals surface area contributed by atoms with E-state index in [-0.39, 0.29) is 5.56 Å². The van der Waals surface area contributed by atoms with Crippen LogP contribution in [0.4, 0.5) is 5.69 Å². The molecule has 3 aromatic carbocycles. The first-order chi connectivity index (χ1) is 23.1. The summed E-state index contributed by atoms with van der Waals surface area (Å²) in [5.74, 6) is 0. The quantitative estimate of drug-likeness (QED) is 0.181. The van der Waals surface area contributed by atoms with Crippen LogP contribution in [-0.2, 0) is 13.1 Å². The van der Waals surface area contributed by atoms with E-state index in [2.05, 4.69) is 139 Å². The Morgan fingerprint density at radius 1 is 0.854 bits per heavy atom. The van der Waals surface area contributed by atoms with E-state index in [1.165, 1.54) is 44.3 Å². The van der Waals surface area contributed by atoms with Crippen LogP contribution in [0, 0.1) is 10.2 Å². The molecule has 3 heterocycles. The number of para-hydroxylation sites is 1. The summed E-state index contributed by atoms with van der Waals surface area (Å²) in [5.41, 5.74) is 7.00. The van der Waals surface area contributed by atoms with E-state index >= 15 is 0 Å². The number of hydrogen-bond acceptors (Lipinski definition) is 8. The fraction of sp³-hybridized carbons (Fsp3) is 0.135. The summed E-state index contributed by atoms with van der Waals surface area (Å²) in [4.78, 5) is 17.1. The Balaban J connectivity index is 0.000000840. The molecular weight excluding hydrogens is 666 g/mol. The number of thiazole rings is 2. The molecule has 48 heavy (non-hydrogen) atoms. The van der Waals surface area contributed by atoms with Gasteiger partial charge in [-0.15, -0.1) is 28.2 Å². The number of benzene rings is 3. The molecule has 0 radical (unpaired) electrons. The number of fused-ring (bicyclic) bond motifs is 1.